The fourth-order valence-electron chi connectivity index (χ4n) is 7.57. The van der Waals surface area contributed by atoms with E-state index >= 15 is 0 Å². The standard InChI is InChI=1S/C35H45ClN2O6S/c1-22-6-4-8-32(43-19-23(2)39)29-12-9-27(29)18-38-20-35(15-5-7-25-16-28(36)11-13-30(25)35)21-44-33-14-10-26(17-31(33)38)34(40)37-45(41,42)24(22)3/h4,8,10-11,13-14,16-17,22-24,27,29,32,39H,5-7,9,12,15,18-21H2,1-3H3,(H,37,40)/b8-4+/t22-,23+,24+,27-,29+,32-,35-/m0/s1. The van der Waals surface area contributed by atoms with Crippen molar-refractivity contribution in [2.24, 2.45) is 17.8 Å². The van der Waals surface area contributed by atoms with E-state index in [2.05, 4.69) is 27.8 Å². The molecule has 2 aliphatic carbocycles. The number of nitrogens with zero attached hydrogens (tertiary/aromatic N) is 1. The predicted molar refractivity (Wildman–Crippen MR) is 177 cm³/mol. The summed E-state index contributed by atoms with van der Waals surface area (Å²) in [5.41, 5.74) is 3.33. The second kappa shape index (κ2) is 12.9. The first kappa shape index (κ1) is 32.4. The van der Waals surface area contributed by atoms with Crippen LogP contribution in [0.15, 0.2) is 48.6 Å². The molecule has 6 rings (SSSR count). The molecule has 0 radical (unpaired) electrons. The Hall–Kier alpha value is -2.59. The quantitative estimate of drug-likeness (QED) is 0.412. The molecule has 1 fully saturated rings. The normalized spacial score (nSPS) is 32.6. The molecule has 2 N–H and O–H groups in total. The minimum Gasteiger partial charge on any atom is -0.490 e. The number of aryl methyl sites for hydroxylation is 1. The SMILES string of the molecule is C[C@@H]1[C@@H](C)C/C=C/[C@H](OC[C@@H](C)O)[C@@H]2CC[C@H]2CN2C[C@@]3(CCCc4cc(Cl)ccc43)COc3ccc(cc32)C(=O)NS1(=O)=O. The van der Waals surface area contributed by atoms with Gasteiger partial charge in [0.05, 0.1) is 36.4 Å². The first-order chi connectivity index (χ1) is 21.5. The number of hydrogen-bond donors (Lipinski definition) is 2. The Bertz CT molecular complexity index is 1560. The van der Waals surface area contributed by atoms with Gasteiger partial charge in [-0.15, -0.1) is 0 Å². The van der Waals surface area contributed by atoms with E-state index in [1.165, 1.54) is 11.1 Å². The average molecular weight is 657 g/mol. The third-order valence-electron chi connectivity index (χ3n) is 10.5. The van der Waals surface area contributed by atoms with Gasteiger partial charge in [0.2, 0.25) is 10.0 Å². The topological polar surface area (TPSA) is 105 Å². The molecule has 1 saturated carbocycles. The third kappa shape index (κ3) is 6.64. The van der Waals surface area contributed by atoms with Gasteiger partial charge in [0.1, 0.15) is 5.75 Å². The van der Waals surface area contributed by atoms with Gasteiger partial charge in [0, 0.05) is 29.1 Å². The Morgan fingerprint density at radius 2 is 2.02 bits per heavy atom. The van der Waals surface area contributed by atoms with Crippen LogP contribution in [0.25, 0.3) is 0 Å². The van der Waals surface area contributed by atoms with Crippen molar-refractivity contribution >= 4 is 33.2 Å². The number of sulfonamides is 1. The van der Waals surface area contributed by atoms with E-state index in [0.29, 0.717) is 31.2 Å². The first-order valence-corrected chi connectivity index (χ1v) is 18.2. The maximum absolute atomic E-state index is 13.4. The lowest BCUT2D eigenvalue weighted by Crippen LogP contribution is -2.50. The smallest absolute Gasteiger partial charge is 0.264 e. The van der Waals surface area contributed by atoms with Crippen LogP contribution in [0.5, 0.6) is 5.75 Å². The second-order valence-corrected chi connectivity index (χ2v) is 16.2. The van der Waals surface area contributed by atoms with Crippen molar-refractivity contribution < 1.29 is 27.8 Å². The number of rotatable bonds is 3. The van der Waals surface area contributed by atoms with Crippen LogP contribution < -0.4 is 14.4 Å². The zero-order valence-electron chi connectivity index (χ0n) is 26.4. The van der Waals surface area contributed by atoms with Crippen molar-refractivity contribution in [3.8, 4) is 5.75 Å². The van der Waals surface area contributed by atoms with E-state index in [1.807, 2.05) is 19.1 Å². The van der Waals surface area contributed by atoms with Crippen LogP contribution in [0, 0.1) is 17.8 Å². The molecule has 0 aromatic heterocycles. The van der Waals surface area contributed by atoms with Crippen LogP contribution in [0.4, 0.5) is 5.69 Å². The summed E-state index contributed by atoms with van der Waals surface area (Å²) in [6.07, 6.45) is 8.82. The average Bonchev–Trinajstić information content (AvgIpc) is 3.13. The zero-order chi connectivity index (χ0) is 31.9. The van der Waals surface area contributed by atoms with E-state index in [1.54, 1.807) is 32.0 Å². The van der Waals surface area contributed by atoms with Gasteiger partial charge in [0.25, 0.3) is 5.91 Å². The molecule has 10 heteroatoms. The van der Waals surface area contributed by atoms with Crippen LogP contribution in [0.2, 0.25) is 5.02 Å². The van der Waals surface area contributed by atoms with Crippen molar-refractivity contribution in [1.29, 1.82) is 0 Å². The lowest BCUT2D eigenvalue weighted by Gasteiger charge is -2.46. The number of amides is 1. The molecule has 8 nitrogen and oxygen atoms in total. The molecule has 4 aliphatic rings. The molecule has 1 amide bonds. The van der Waals surface area contributed by atoms with Gasteiger partial charge in [-0.3, -0.25) is 4.79 Å². The maximum atomic E-state index is 13.4. The predicted octanol–water partition coefficient (Wildman–Crippen LogP) is 5.65. The van der Waals surface area contributed by atoms with Gasteiger partial charge in [0.15, 0.2) is 0 Å². The minimum atomic E-state index is -3.93. The number of anilines is 1. The number of aliphatic hydroxyl groups is 1. The molecule has 2 aliphatic heterocycles. The van der Waals surface area contributed by atoms with E-state index in [0.717, 1.165) is 49.4 Å². The summed E-state index contributed by atoms with van der Waals surface area (Å²) in [5, 5.41) is 9.98. The molecule has 244 valence electrons. The highest BCUT2D eigenvalue weighted by molar-refractivity contribution is 7.90. The van der Waals surface area contributed by atoms with Gasteiger partial charge in [-0.2, -0.15) is 0 Å². The largest absolute Gasteiger partial charge is 0.490 e. The first-order valence-electron chi connectivity index (χ1n) is 16.3. The Morgan fingerprint density at radius 3 is 2.78 bits per heavy atom. The summed E-state index contributed by atoms with van der Waals surface area (Å²) in [5.74, 6) is 0.399. The highest BCUT2D eigenvalue weighted by Crippen LogP contribution is 2.47. The van der Waals surface area contributed by atoms with E-state index in [9.17, 15) is 18.3 Å². The van der Waals surface area contributed by atoms with Crippen LogP contribution in [0.1, 0.15) is 74.4 Å². The second-order valence-electron chi connectivity index (χ2n) is 13.8. The van der Waals surface area contributed by atoms with Crippen molar-refractivity contribution in [3.63, 3.8) is 0 Å². The molecular formula is C35H45ClN2O6S. The summed E-state index contributed by atoms with van der Waals surface area (Å²) >= 11 is 6.42. The number of nitrogens with one attached hydrogen (secondary N) is 1. The Balaban J connectivity index is 1.42. The highest BCUT2D eigenvalue weighted by atomic mass is 35.5. The Labute approximate surface area is 272 Å². The van der Waals surface area contributed by atoms with Gasteiger partial charge in [-0.05, 0) is 112 Å². The number of carbonyl (C=O) groups is 1. The minimum absolute atomic E-state index is 0.189. The molecule has 0 saturated heterocycles. The van der Waals surface area contributed by atoms with E-state index < -0.39 is 27.3 Å². The summed E-state index contributed by atoms with van der Waals surface area (Å²) in [4.78, 5) is 15.8. The molecule has 2 heterocycles. The van der Waals surface area contributed by atoms with Gasteiger partial charge >= 0.3 is 0 Å². The fourth-order valence-corrected chi connectivity index (χ4v) is 9.05. The summed E-state index contributed by atoms with van der Waals surface area (Å²) < 4.78 is 41.8. The molecule has 45 heavy (non-hydrogen) atoms. The van der Waals surface area contributed by atoms with Crippen LogP contribution in [-0.4, -0.2) is 63.2 Å². The lowest BCUT2D eigenvalue weighted by atomic mass is 9.68. The van der Waals surface area contributed by atoms with Gasteiger partial charge < -0.3 is 19.5 Å². The molecule has 1 spiro atoms. The number of halogens is 1. The van der Waals surface area contributed by atoms with Crippen LogP contribution in [0.3, 0.4) is 0 Å². The zero-order valence-corrected chi connectivity index (χ0v) is 27.9. The Morgan fingerprint density at radius 1 is 1.20 bits per heavy atom. The van der Waals surface area contributed by atoms with Crippen molar-refractivity contribution in [2.75, 3.05) is 31.2 Å². The molecular weight excluding hydrogens is 612 g/mol. The third-order valence-corrected chi connectivity index (χ3v) is 12.7. The van der Waals surface area contributed by atoms with Crippen LogP contribution >= 0.6 is 11.6 Å². The van der Waals surface area contributed by atoms with Crippen LogP contribution in [-0.2, 0) is 26.6 Å². The number of carbonyl (C=O) groups excluding carboxylic acids is 1. The van der Waals surface area contributed by atoms with E-state index in [-0.39, 0.29) is 35.5 Å². The summed E-state index contributed by atoms with van der Waals surface area (Å²) in [6, 6.07) is 11.4. The van der Waals surface area contributed by atoms with Crippen molar-refractivity contribution in [2.45, 2.75) is 82.2 Å². The van der Waals surface area contributed by atoms with Crippen molar-refractivity contribution in [1.82, 2.24) is 4.72 Å². The summed E-state index contributed by atoms with van der Waals surface area (Å²) in [6.45, 7) is 7.41. The number of fused-ring (bicyclic) bond motifs is 4. The Kier molecular flexibility index (Phi) is 9.27. The summed E-state index contributed by atoms with van der Waals surface area (Å²) in [7, 11) is -3.93. The highest BCUT2D eigenvalue weighted by Gasteiger charge is 2.44. The molecule has 7 atom stereocenters. The monoisotopic (exact) mass is 656 g/mol. The molecule has 0 unspecified atom stereocenters. The fraction of sp³-hybridized carbons (Fsp3) is 0.571. The number of aliphatic hydroxyl groups excluding tert-OH is 1. The lowest BCUT2D eigenvalue weighted by molar-refractivity contribution is -0.0437. The van der Waals surface area contributed by atoms with Crippen molar-refractivity contribution in [3.05, 3.63) is 70.3 Å². The molecule has 2 aromatic rings. The number of hydrogen-bond acceptors (Lipinski definition) is 7. The van der Waals surface area contributed by atoms with Gasteiger partial charge in [-0.1, -0.05) is 36.7 Å². The van der Waals surface area contributed by atoms with E-state index in [4.69, 9.17) is 21.1 Å². The molecule has 2 bridgehead atoms. The molecule has 2 aromatic carbocycles. The number of allylic oxidation sites excluding steroid dienone is 1. The van der Waals surface area contributed by atoms with Gasteiger partial charge in [-0.25, -0.2) is 13.1 Å². The number of ether oxygens (including phenoxy) is 2. The maximum Gasteiger partial charge on any atom is 0.264 e. The number of benzene rings is 2.